The zero-order chi connectivity index (χ0) is 13.0. The number of hydrogen-bond acceptors (Lipinski definition) is 1. The van der Waals surface area contributed by atoms with Gasteiger partial charge in [-0.2, -0.15) is 0 Å². The quantitative estimate of drug-likeness (QED) is 0.807. The molecule has 1 aliphatic carbocycles. The van der Waals surface area contributed by atoms with Gasteiger partial charge in [0.2, 0.25) is 0 Å². The van der Waals surface area contributed by atoms with Gasteiger partial charge in [-0.05, 0) is 43.7 Å². The first-order valence-electron chi connectivity index (χ1n) is 7.52. The summed E-state index contributed by atoms with van der Waals surface area (Å²) in [4.78, 5) is 0. The van der Waals surface area contributed by atoms with Gasteiger partial charge in [-0.1, -0.05) is 56.5 Å². The molecule has 100 valence electrons. The Morgan fingerprint density at radius 3 is 2.78 bits per heavy atom. The van der Waals surface area contributed by atoms with Crippen LogP contribution in [0.25, 0.3) is 0 Å². The maximum atomic E-state index is 3.79. The molecule has 0 amide bonds. The topological polar surface area (TPSA) is 12.0 Å². The molecule has 0 spiro atoms. The third kappa shape index (κ3) is 3.14. The average molecular weight is 245 g/mol. The van der Waals surface area contributed by atoms with Crippen molar-refractivity contribution in [2.24, 2.45) is 11.8 Å². The van der Waals surface area contributed by atoms with Gasteiger partial charge in [0.25, 0.3) is 0 Å². The summed E-state index contributed by atoms with van der Waals surface area (Å²) < 4.78 is 0. The second-order valence-electron chi connectivity index (χ2n) is 5.92. The monoisotopic (exact) mass is 245 g/mol. The maximum absolute atomic E-state index is 3.79. The molecule has 0 saturated heterocycles. The van der Waals surface area contributed by atoms with Crippen molar-refractivity contribution in [2.45, 2.75) is 52.5 Å². The highest BCUT2D eigenvalue weighted by Gasteiger charge is 2.31. The highest BCUT2D eigenvalue weighted by Crippen LogP contribution is 2.40. The highest BCUT2D eigenvalue weighted by molar-refractivity contribution is 5.26. The first-order valence-corrected chi connectivity index (χ1v) is 7.52. The molecule has 1 nitrogen and oxygen atoms in total. The second kappa shape index (κ2) is 6.38. The van der Waals surface area contributed by atoms with Crippen LogP contribution >= 0.6 is 0 Å². The third-order valence-corrected chi connectivity index (χ3v) is 4.37. The smallest absolute Gasteiger partial charge is 0.0351 e. The predicted octanol–water partition coefficient (Wildman–Crippen LogP) is 4.47. The van der Waals surface area contributed by atoms with Gasteiger partial charge in [0.1, 0.15) is 0 Å². The molecule has 1 N–H and O–H groups in total. The van der Waals surface area contributed by atoms with E-state index < -0.39 is 0 Å². The van der Waals surface area contributed by atoms with Crippen molar-refractivity contribution in [2.75, 3.05) is 6.54 Å². The Kier molecular flexibility index (Phi) is 4.82. The number of benzene rings is 1. The summed E-state index contributed by atoms with van der Waals surface area (Å²) in [5, 5.41) is 3.79. The number of aryl methyl sites for hydroxylation is 1. The molecule has 1 heteroatoms. The molecule has 0 aliphatic heterocycles. The fourth-order valence-corrected chi connectivity index (χ4v) is 3.35. The average Bonchev–Trinajstić information content (AvgIpc) is 2.77. The van der Waals surface area contributed by atoms with Crippen LogP contribution in [0, 0.1) is 18.8 Å². The lowest BCUT2D eigenvalue weighted by atomic mass is 9.85. The number of rotatable bonds is 5. The van der Waals surface area contributed by atoms with Gasteiger partial charge in [0, 0.05) is 6.04 Å². The summed E-state index contributed by atoms with van der Waals surface area (Å²) in [5.41, 5.74) is 2.86. The molecule has 1 aromatic rings. The van der Waals surface area contributed by atoms with E-state index in [2.05, 4.69) is 50.4 Å². The van der Waals surface area contributed by atoms with Gasteiger partial charge in [0.15, 0.2) is 0 Å². The number of nitrogens with one attached hydrogen (secondary N) is 1. The van der Waals surface area contributed by atoms with E-state index in [-0.39, 0.29) is 0 Å². The summed E-state index contributed by atoms with van der Waals surface area (Å²) in [5.74, 6) is 1.68. The fraction of sp³-hybridized carbons (Fsp3) is 0.647. The van der Waals surface area contributed by atoms with Gasteiger partial charge >= 0.3 is 0 Å². The van der Waals surface area contributed by atoms with Crippen molar-refractivity contribution < 1.29 is 0 Å². The molecule has 1 fully saturated rings. The SMILES string of the molecule is CCCNC(c1cccc(C)c1)C1CCCC1C. The van der Waals surface area contributed by atoms with Crippen LogP contribution in [-0.4, -0.2) is 6.54 Å². The number of hydrogen-bond donors (Lipinski definition) is 1. The largest absolute Gasteiger partial charge is 0.310 e. The van der Waals surface area contributed by atoms with Crippen LogP contribution in [-0.2, 0) is 0 Å². The van der Waals surface area contributed by atoms with Gasteiger partial charge < -0.3 is 5.32 Å². The van der Waals surface area contributed by atoms with E-state index in [1.54, 1.807) is 0 Å². The molecule has 1 saturated carbocycles. The molecule has 0 heterocycles. The molecular weight excluding hydrogens is 218 g/mol. The lowest BCUT2D eigenvalue weighted by Crippen LogP contribution is -2.30. The molecule has 1 aromatic carbocycles. The van der Waals surface area contributed by atoms with E-state index in [0.29, 0.717) is 6.04 Å². The third-order valence-electron chi connectivity index (χ3n) is 4.37. The molecule has 18 heavy (non-hydrogen) atoms. The summed E-state index contributed by atoms with van der Waals surface area (Å²) in [6.45, 7) is 7.99. The van der Waals surface area contributed by atoms with E-state index in [1.165, 1.54) is 36.8 Å². The van der Waals surface area contributed by atoms with Crippen molar-refractivity contribution in [3.63, 3.8) is 0 Å². The Balaban J connectivity index is 2.18. The lowest BCUT2D eigenvalue weighted by molar-refractivity contribution is 0.302. The Hall–Kier alpha value is -0.820. The molecule has 0 aromatic heterocycles. The van der Waals surface area contributed by atoms with Crippen LogP contribution in [0.2, 0.25) is 0 Å². The van der Waals surface area contributed by atoms with Crippen molar-refractivity contribution in [3.05, 3.63) is 35.4 Å². The molecule has 3 atom stereocenters. The predicted molar refractivity (Wildman–Crippen MR) is 78.7 cm³/mol. The zero-order valence-corrected chi connectivity index (χ0v) is 12.1. The van der Waals surface area contributed by atoms with E-state index in [9.17, 15) is 0 Å². The normalized spacial score (nSPS) is 25.3. The van der Waals surface area contributed by atoms with E-state index >= 15 is 0 Å². The van der Waals surface area contributed by atoms with Crippen molar-refractivity contribution >= 4 is 0 Å². The lowest BCUT2D eigenvalue weighted by Gasteiger charge is -2.29. The maximum Gasteiger partial charge on any atom is 0.0351 e. The second-order valence-corrected chi connectivity index (χ2v) is 5.92. The summed E-state index contributed by atoms with van der Waals surface area (Å²) in [6, 6.07) is 9.61. The summed E-state index contributed by atoms with van der Waals surface area (Å²) in [6.07, 6.45) is 5.41. The minimum Gasteiger partial charge on any atom is -0.310 e. The van der Waals surface area contributed by atoms with Gasteiger partial charge in [-0.25, -0.2) is 0 Å². The van der Waals surface area contributed by atoms with E-state index in [0.717, 1.165) is 18.4 Å². The van der Waals surface area contributed by atoms with Crippen molar-refractivity contribution in [1.29, 1.82) is 0 Å². The zero-order valence-electron chi connectivity index (χ0n) is 12.1. The minimum absolute atomic E-state index is 0.558. The Labute approximate surface area is 112 Å². The van der Waals surface area contributed by atoms with Gasteiger partial charge in [-0.15, -0.1) is 0 Å². The summed E-state index contributed by atoms with van der Waals surface area (Å²) >= 11 is 0. The highest BCUT2D eigenvalue weighted by atomic mass is 14.9. The van der Waals surface area contributed by atoms with Gasteiger partial charge in [-0.3, -0.25) is 0 Å². The van der Waals surface area contributed by atoms with Crippen LogP contribution in [0.1, 0.15) is 56.7 Å². The first kappa shape index (κ1) is 13.6. The van der Waals surface area contributed by atoms with E-state index in [1.807, 2.05) is 0 Å². The molecule has 2 rings (SSSR count). The van der Waals surface area contributed by atoms with Crippen molar-refractivity contribution in [3.8, 4) is 0 Å². The van der Waals surface area contributed by atoms with Crippen LogP contribution < -0.4 is 5.32 Å². The fourth-order valence-electron chi connectivity index (χ4n) is 3.35. The van der Waals surface area contributed by atoms with Crippen LogP contribution in [0.4, 0.5) is 0 Å². The minimum atomic E-state index is 0.558. The van der Waals surface area contributed by atoms with E-state index in [4.69, 9.17) is 0 Å². The molecule has 3 unspecified atom stereocenters. The van der Waals surface area contributed by atoms with Crippen LogP contribution in [0.5, 0.6) is 0 Å². The molecule has 1 aliphatic rings. The summed E-state index contributed by atoms with van der Waals surface area (Å²) in [7, 11) is 0. The Bertz CT molecular complexity index is 372. The Morgan fingerprint density at radius 2 is 2.17 bits per heavy atom. The van der Waals surface area contributed by atoms with Crippen molar-refractivity contribution in [1.82, 2.24) is 5.32 Å². The van der Waals surface area contributed by atoms with Crippen LogP contribution in [0.15, 0.2) is 24.3 Å². The van der Waals surface area contributed by atoms with Crippen LogP contribution in [0.3, 0.4) is 0 Å². The standard InChI is InChI=1S/C17H27N/c1-4-11-18-17(16-10-6-8-14(16)3)15-9-5-7-13(2)12-15/h5,7,9,12,14,16-18H,4,6,8,10-11H2,1-3H3. The molecule has 0 radical (unpaired) electrons. The molecular formula is C17H27N. The molecule has 0 bridgehead atoms. The Morgan fingerprint density at radius 1 is 1.33 bits per heavy atom. The van der Waals surface area contributed by atoms with Gasteiger partial charge in [0.05, 0.1) is 0 Å². The first-order chi connectivity index (χ1) is 8.72.